The smallest absolute Gasteiger partial charge is 0.205 e. The highest BCUT2D eigenvalue weighted by Crippen LogP contribution is 2.57. The van der Waals surface area contributed by atoms with Crippen LogP contribution in [0.1, 0.15) is 44.9 Å². The van der Waals surface area contributed by atoms with Crippen LogP contribution >= 0.6 is 11.5 Å². The molecule has 0 bridgehead atoms. The summed E-state index contributed by atoms with van der Waals surface area (Å²) in [6, 6.07) is 0.706. The number of ether oxygens (including phenoxy) is 1. The molecular weight excluding hydrogens is 270 g/mol. The number of hydrogen-bond donors (Lipinski definition) is 0. The molecule has 4 nitrogen and oxygen atoms in total. The molecule has 1 aromatic rings. The van der Waals surface area contributed by atoms with Crippen LogP contribution in [0.5, 0.6) is 0 Å². The molecule has 0 N–H and O–H groups in total. The quantitative estimate of drug-likeness (QED) is 0.859. The van der Waals surface area contributed by atoms with Crippen molar-refractivity contribution < 1.29 is 4.74 Å². The van der Waals surface area contributed by atoms with Gasteiger partial charge in [-0.1, -0.05) is 13.3 Å². The molecule has 1 aliphatic carbocycles. The minimum absolute atomic E-state index is 0.611. The van der Waals surface area contributed by atoms with Crippen LogP contribution < -0.4 is 4.90 Å². The van der Waals surface area contributed by atoms with Crippen LogP contribution in [0.15, 0.2) is 0 Å². The van der Waals surface area contributed by atoms with E-state index in [0.29, 0.717) is 11.5 Å². The van der Waals surface area contributed by atoms with E-state index in [1.54, 1.807) is 11.5 Å². The molecule has 0 radical (unpaired) electrons. The van der Waals surface area contributed by atoms with Crippen molar-refractivity contribution in [1.29, 1.82) is 0 Å². The van der Waals surface area contributed by atoms with E-state index in [1.165, 1.54) is 38.6 Å². The molecule has 2 saturated heterocycles. The van der Waals surface area contributed by atoms with Gasteiger partial charge in [0.1, 0.15) is 5.82 Å². The molecule has 1 atom stereocenters. The predicted molar refractivity (Wildman–Crippen MR) is 80.2 cm³/mol. The van der Waals surface area contributed by atoms with E-state index in [1.807, 2.05) is 0 Å². The van der Waals surface area contributed by atoms with Gasteiger partial charge in [0, 0.05) is 49.2 Å². The highest BCUT2D eigenvalue weighted by molar-refractivity contribution is 7.09. The van der Waals surface area contributed by atoms with Crippen molar-refractivity contribution in [2.45, 2.75) is 51.5 Å². The lowest BCUT2D eigenvalue weighted by atomic mass is 9.54. The summed E-state index contributed by atoms with van der Waals surface area (Å²) >= 11 is 1.59. The third-order valence-corrected chi connectivity index (χ3v) is 6.32. The van der Waals surface area contributed by atoms with Crippen LogP contribution in [0.2, 0.25) is 0 Å². The van der Waals surface area contributed by atoms with Gasteiger partial charge in [0.05, 0.1) is 0 Å². The van der Waals surface area contributed by atoms with Crippen molar-refractivity contribution in [3.8, 4) is 0 Å². The van der Waals surface area contributed by atoms with Crippen molar-refractivity contribution in [3.63, 3.8) is 0 Å². The summed E-state index contributed by atoms with van der Waals surface area (Å²) in [6.07, 6.45) is 7.65. The predicted octanol–water partition coefficient (Wildman–Crippen LogP) is 2.89. The molecule has 4 rings (SSSR count). The number of nitrogens with zero attached hydrogens (tertiary/aromatic N) is 3. The van der Waals surface area contributed by atoms with Crippen LogP contribution in [0, 0.1) is 11.3 Å². The monoisotopic (exact) mass is 293 g/mol. The van der Waals surface area contributed by atoms with E-state index in [0.717, 1.165) is 36.5 Å². The number of hydrogen-bond acceptors (Lipinski definition) is 5. The molecule has 1 aromatic heterocycles. The molecule has 3 fully saturated rings. The first-order valence-electron chi connectivity index (χ1n) is 7.99. The molecule has 1 saturated carbocycles. The lowest BCUT2D eigenvalue weighted by Crippen LogP contribution is -2.70. The third kappa shape index (κ3) is 1.90. The Labute approximate surface area is 124 Å². The Morgan fingerprint density at radius 2 is 2.15 bits per heavy atom. The summed E-state index contributed by atoms with van der Waals surface area (Å²) < 4.78 is 10.0. The van der Waals surface area contributed by atoms with E-state index < -0.39 is 0 Å². The topological polar surface area (TPSA) is 38.2 Å². The van der Waals surface area contributed by atoms with Gasteiger partial charge in [-0.25, -0.2) is 4.98 Å². The zero-order valence-electron chi connectivity index (χ0n) is 12.2. The highest BCUT2D eigenvalue weighted by Gasteiger charge is 2.59. The van der Waals surface area contributed by atoms with Gasteiger partial charge in [-0.05, 0) is 31.6 Å². The van der Waals surface area contributed by atoms with E-state index in [4.69, 9.17) is 9.72 Å². The molecule has 20 heavy (non-hydrogen) atoms. The van der Waals surface area contributed by atoms with Gasteiger partial charge < -0.3 is 9.64 Å². The molecule has 0 amide bonds. The molecule has 2 aliphatic heterocycles. The maximum atomic E-state index is 5.56. The van der Waals surface area contributed by atoms with E-state index >= 15 is 0 Å². The lowest BCUT2D eigenvalue weighted by Gasteiger charge is -2.65. The fourth-order valence-electron chi connectivity index (χ4n) is 4.31. The minimum Gasteiger partial charge on any atom is -0.381 e. The zero-order chi connectivity index (χ0) is 13.6. The second kappa shape index (κ2) is 4.95. The number of aromatic nitrogens is 2. The Kier molecular flexibility index (Phi) is 3.22. The Balaban J connectivity index is 1.56. The zero-order valence-corrected chi connectivity index (χ0v) is 13.0. The van der Waals surface area contributed by atoms with E-state index in [2.05, 4.69) is 16.2 Å². The van der Waals surface area contributed by atoms with Crippen LogP contribution in [0.25, 0.3) is 0 Å². The van der Waals surface area contributed by atoms with Crippen molar-refractivity contribution >= 4 is 16.7 Å². The summed E-state index contributed by atoms with van der Waals surface area (Å²) in [6.45, 7) is 5.24. The Morgan fingerprint density at radius 3 is 2.75 bits per heavy atom. The van der Waals surface area contributed by atoms with Crippen LogP contribution in [0.3, 0.4) is 0 Å². The molecule has 110 valence electrons. The Bertz CT molecular complexity index is 479. The standard InChI is InChI=1S/C15H23N3OS/c1-2-12-16-14(20-17-12)18-10-15(6-3-7-15)13(18)11-4-8-19-9-5-11/h11,13H,2-10H2,1H3. The second-order valence-corrected chi connectivity index (χ2v) is 7.32. The Hall–Kier alpha value is -0.680. The van der Waals surface area contributed by atoms with Crippen LogP contribution in [-0.2, 0) is 11.2 Å². The van der Waals surface area contributed by atoms with Crippen molar-refractivity contribution in [2.75, 3.05) is 24.7 Å². The van der Waals surface area contributed by atoms with Gasteiger partial charge in [0.2, 0.25) is 5.13 Å². The fourth-order valence-corrected chi connectivity index (χ4v) is 5.10. The molecule has 3 heterocycles. The SMILES string of the molecule is CCc1nsc(N2CC3(CCC3)C2C2CCOCC2)n1. The van der Waals surface area contributed by atoms with Gasteiger partial charge in [-0.2, -0.15) is 4.37 Å². The molecule has 3 aliphatic rings. The average molecular weight is 293 g/mol. The van der Waals surface area contributed by atoms with Crippen LogP contribution in [0.4, 0.5) is 5.13 Å². The number of anilines is 1. The van der Waals surface area contributed by atoms with Crippen molar-refractivity contribution in [1.82, 2.24) is 9.36 Å². The van der Waals surface area contributed by atoms with Crippen LogP contribution in [-0.4, -0.2) is 35.2 Å². The van der Waals surface area contributed by atoms with Gasteiger partial charge >= 0.3 is 0 Å². The highest BCUT2D eigenvalue weighted by atomic mass is 32.1. The number of rotatable bonds is 3. The van der Waals surface area contributed by atoms with Gasteiger partial charge in [0.25, 0.3) is 0 Å². The molecule has 1 unspecified atom stereocenters. The normalized spacial score (nSPS) is 29.2. The first-order valence-corrected chi connectivity index (χ1v) is 8.77. The number of aryl methyl sites for hydroxylation is 1. The van der Waals surface area contributed by atoms with Crippen molar-refractivity contribution in [3.05, 3.63) is 5.82 Å². The second-order valence-electron chi connectivity index (χ2n) is 6.59. The summed E-state index contributed by atoms with van der Waals surface area (Å²) in [5, 5.41) is 1.16. The van der Waals surface area contributed by atoms with Gasteiger partial charge in [-0.15, -0.1) is 0 Å². The van der Waals surface area contributed by atoms with E-state index in [-0.39, 0.29) is 0 Å². The van der Waals surface area contributed by atoms with Gasteiger partial charge in [0.15, 0.2) is 0 Å². The molecule has 0 aromatic carbocycles. The lowest BCUT2D eigenvalue weighted by molar-refractivity contribution is -0.0364. The maximum absolute atomic E-state index is 5.56. The molecular formula is C15H23N3OS. The molecule has 5 heteroatoms. The summed E-state index contributed by atoms with van der Waals surface area (Å²) in [4.78, 5) is 7.28. The minimum atomic E-state index is 0.611. The molecule has 1 spiro atoms. The summed E-state index contributed by atoms with van der Waals surface area (Å²) in [5.74, 6) is 1.80. The van der Waals surface area contributed by atoms with E-state index in [9.17, 15) is 0 Å². The first kappa shape index (κ1) is 13.0. The third-order valence-electron chi connectivity index (χ3n) is 5.53. The average Bonchev–Trinajstić information content (AvgIpc) is 2.86. The first-order chi connectivity index (χ1) is 9.82. The van der Waals surface area contributed by atoms with Gasteiger partial charge in [-0.3, -0.25) is 0 Å². The Morgan fingerprint density at radius 1 is 1.35 bits per heavy atom. The largest absolute Gasteiger partial charge is 0.381 e. The fraction of sp³-hybridized carbons (Fsp3) is 0.867. The summed E-state index contributed by atoms with van der Waals surface area (Å²) in [5.41, 5.74) is 0.611. The maximum Gasteiger partial charge on any atom is 0.205 e. The summed E-state index contributed by atoms with van der Waals surface area (Å²) in [7, 11) is 0. The van der Waals surface area contributed by atoms with Crippen molar-refractivity contribution in [2.24, 2.45) is 11.3 Å².